The van der Waals surface area contributed by atoms with Crippen LogP contribution in [0.5, 0.6) is 5.75 Å². The van der Waals surface area contributed by atoms with Crippen molar-refractivity contribution in [3.63, 3.8) is 0 Å². The van der Waals surface area contributed by atoms with Gasteiger partial charge >= 0.3 is 0 Å². The van der Waals surface area contributed by atoms with E-state index in [9.17, 15) is 9.90 Å². The summed E-state index contributed by atoms with van der Waals surface area (Å²) in [5.41, 5.74) is 0.561. The highest BCUT2D eigenvalue weighted by Crippen LogP contribution is 2.22. The molecule has 1 atom stereocenters. The number of pyridine rings is 1. The lowest BCUT2D eigenvalue weighted by Crippen LogP contribution is -2.15. The van der Waals surface area contributed by atoms with Gasteiger partial charge in [-0.2, -0.15) is 0 Å². The maximum absolute atomic E-state index is 11.9. The number of unbranched alkanes of at least 4 members (excludes halogenated alkanes) is 1. The van der Waals surface area contributed by atoms with E-state index in [1.807, 2.05) is 6.07 Å². The molecule has 0 saturated carbocycles. The summed E-state index contributed by atoms with van der Waals surface area (Å²) >= 11 is 0. The number of aromatic nitrogens is 3. The summed E-state index contributed by atoms with van der Waals surface area (Å²) in [5.74, 6) is 0.565. The van der Waals surface area contributed by atoms with E-state index < -0.39 is 5.56 Å². The van der Waals surface area contributed by atoms with Crippen LogP contribution in [0.1, 0.15) is 45.2 Å². The molecule has 2 heterocycles. The number of hydrogen-bond acceptors (Lipinski definition) is 4. The number of H-pyrrole nitrogens is 1. The number of nitrogens with one attached hydrogen (secondary N) is 1. The van der Waals surface area contributed by atoms with E-state index in [0.29, 0.717) is 29.6 Å². The maximum atomic E-state index is 11.9. The predicted octanol–water partition coefficient (Wildman–Crippen LogP) is 3.30. The molecule has 0 amide bonds. The lowest BCUT2D eigenvalue weighted by Gasteiger charge is -2.15. The third kappa shape index (κ3) is 3.93. The molecule has 0 aliphatic heterocycles. The van der Waals surface area contributed by atoms with Crippen molar-refractivity contribution in [2.45, 2.75) is 46.0 Å². The Balaban J connectivity index is 2.31. The van der Waals surface area contributed by atoms with E-state index in [2.05, 4.69) is 28.8 Å². The van der Waals surface area contributed by atoms with Crippen molar-refractivity contribution in [3.05, 3.63) is 40.4 Å². The Labute approximate surface area is 130 Å². The van der Waals surface area contributed by atoms with Gasteiger partial charge in [-0.3, -0.25) is 9.78 Å². The fourth-order valence-corrected chi connectivity index (χ4v) is 2.50. The molecule has 0 spiro atoms. The van der Waals surface area contributed by atoms with Gasteiger partial charge in [-0.1, -0.05) is 45.6 Å². The van der Waals surface area contributed by atoms with Crippen LogP contribution in [0.2, 0.25) is 0 Å². The third-order valence-electron chi connectivity index (χ3n) is 3.90. The minimum absolute atomic E-state index is 0.269. The largest absolute Gasteiger partial charge is 0.502 e. The molecule has 2 N–H and O–H groups in total. The van der Waals surface area contributed by atoms with Crippen molar-refractivity contribution in [1.82, 2.24) is 15.0 Å². The predicted molar refractivity (Wildman–Crippen MR) is 86.8 cm³/mol. The highest BCUT2D eigenvalue weighted by atomic mass is 16.3. The van der Waals surface area contributed by atoms with Crippen LogP contribution in [0.15, 0.2) is 29.2 Å². The van der Waals surface area contributed by atoms with Crippen molar-refractivity contribution in [2.75, 3.05) is 0 Å². The standard InChI is InChI=1S/C17H23N3O2/c1-3-5-8-12(4-2)11-14-15(21)17(22)20-16(19-14)13-9-6-7-10-18-13/h6-7,9-10,12,21H,3-5,8,11H2,1-2H3,(H,19,20,22). The second-order valence-electron chi connectivity index (χ2n) is 5.55. The van der Waals surface area contributed by atoms with Crippen LogP contribution in [-0.4, -0.2) is 20.1 Å². The Hall–Kier alpha value is -2.17. The molecular formula is C17H23N3O2. The molecule has 0 aliphatic carbocycles. The second kappa shape index (κ2) is 7.73. The number of aromatic amines is 1. The van der Waals surface area contributed by atoms with Crippen LogP contribution in [0, 0.1) is 5.92 Å². The zero-order valence-electron chi connectivity index (χ0n) is 13.2. The number of rotatable bonds is 7. The molecule has 0 saturated heterocycles. The Morgan fingerprint density at radius 1 is 1.32 bits per heavy atom. The molecule has 118 valence electrons. The molecule has 0 aromatic carbocycles. The van der Waals surface area contributed by atoms with Crippen molar-refractivity contribution >= 4 is 0 Å². The summed E-state index contributed by atoms with van der Waals surface area (Å²) in [6.45, 7) is 4.29. The van der Waals surface area contributed by atoms with Crippen molar-refractivity contribution < 1.29 is 5.11 Å². The third-order valence-corrected chi connectivity index (χ3v) is 3.90. The topological polar surface area (TPSA) is 78.9 Å². The summed E-state index contributed by atoms with van der Waals surface area (Å²) in [6.07, 6.45) is 6.65. The van der Waals surface area contributed by atoms with E-state index in [1.54, 1.807) is 18.3 Å². The molecule has 0 fully saturated rings. The monoisotopic (exact) mass is 301 g/mol. The molecule has 0 bridgehead atoms. The number of aromatic hydroxyl groups is 1. The Morgan fingerprint density at radius 2 is 2.14 bits per heavy atom. The molecule has 5 nitrogen and oxygen atoms in total. The maximum Gasteiger partial charge on any atom is 0.293 e. The molecule has 22 heavy (non-hydrogen) atoms. The van der Waals surface area contributed by atoms with Crippen molar-refractivity contribution in [1.29, 1.82) is 0 Å². The van der Waals surface area contributed by atoms with Gasteiger partial charge in [-0.05, 0) is 24.5 Å². The molecule has 1 unspecified atom stereocenters. The average molecular weight is 301 g/mol. The summed E-state index contributed by atoms with van der Waals surface area (Å²) in [5, 5.41) is 10.0. The summed E-state index contributed by atoms with van der Waals surface area (Å²) in [6, 6.07) is 5.43. The zero-order valence-corrected chi connectivity index (χ0v) is 13.2. The van der Waals surface area contributed by atoms with Crippen LogP contribution in [0.4, 0.5) is 0 Å². The van der Waals surface area contributed by atoms with Crippen LogP contribution < -0.4 is 5.56 Å². The second-order valence-corrected chi connectivity index (χ2v) is 5.55. The molecule has 2 rings (SSSR count). The number of nitrogens with zero attached hydrogens (tertiary/aromatic N) is 2. The van der Waals surface area contributed by atoms with Gasteiger partial charge in [-0.15, -0.1) is 0 Å². The van der Waals surface area contributed by atoms with E-state index in [1.165, 1.54) is 0 Å². The minimum Gasteiger partial charge on any atom is -0.502 e. The fraction of sp³-hybridized carbons (Fsp3) is 0.471. The van der Waals surface area contributed by atoms with Gasteiger partial charge in [-0.25, -0.2) is 4.98 Å². The first-order chi connectivity index (χ1) is 10.7. The van der Waals surface area contributed by atoms with Crippen LogP contribution in [0.25, 0.3) is 11.5 Å². The quantitative estimate of drug-likeness (QED) is 0.822. The molecule has 2 aromatic heterocycles. The van der Waals surface area contributed by atoms with Gasteiger partial charge < -0.3 is 10.1 Å². The summed E-state index contributed by atoms with van der Waals surface area (Å²) in [4.78, 5) is 23.2. The van der Waals surface area contributed by atoms with Crippen LogP contribution in [-0.2, 0) is 6.42 Å². The first-order valence-electron chi connectivity index (χ1n) is 7.89. The smallest absolute Gasteiger partial charge is 0.293 e. The highest BCUT2D eigenvalue weighted by Gasteiger charge is 2.16. The average Bonchev–Trinajstić information content (AvgIpc) is 2.55. The Kier molecular flexibility index (Phi) is 5.69. The van der Waals surface area contributed by atoms with E-state index in [4.69, 9.17) is 0 Å². The lowest BCUT2D eigenvalue weighted by molar-refractivity contribution is 0.415. The van der Waals surface area contributed by atoms with Gasteiger partial charge in [0.2, 0.25) is 5.75 Å². The molecule has 0 aliphatic rings. The lowest BCUT2D eigenvalue weighted by atomic mass is 9.94. The van der Waals surface area contributed by atoms with Gasteiger partial charge in [0.05, 0.1) is 5.69 Å². The first kappa shape index (κ1) is 16.2. The zero-order chi connectivity index (χ0) is 15.9. The number of hydrogen-bond donors (Lipinski definition) is 2. The normalized spacial score (nSPS) is 12.3. The van der Waals surface area contributed by atoms with Crippen molar-refractivity contribution in [2.24, 2.45) is 5.92 Å². The van der Waals surface area contributed by atoms with Gasteiger partial charge in [0.1, 0.15) is 5.69 Å². The Morgan fingerprint density at radius 3 is 2.77 bits per heavy atom. The van der Waals surface area contributed by atoms with Gasteiger partial charge in [0.25, 0.3) is 5.56 Å². The molecule has 2 aromatic rings. The van der Waals surface area contributed by atoms with E-state index >= 15 is 0 Å². The van der Waals surface area contributed by atoms with Crippen molar-refractivity contribution in [3.8, 4) is 17.3 Å². The molecular weight excluding hydrogens is 278 g/mol. The van der Waals surface area contributed by atoms with E-state index in [0.717, 1.165) is 25.7 Å². The highest BCUT2D eigenvalue weighted by molar-refractivity contribution is 5.49. The van der Waals surface area contributed by atoms with Crippen LogP contribution >= 0.6 is 0 Å². The Bertz CT molecular complexity index is 653. The van der Waals surface area contributed by atoms with Gasteiger partial charge in [0.15, 0.2) is 5.82 Å². The van der Waals surface area contributed by atoms with Gasteiger partial charge in [0, 0.05) is 6.20 Å². The van der Waals surface area contributed by atoms with Crippen LogP contribution in [0.3, 0.4) is 0 Å². The SMILES string of the molecule is CCCCC(CC)Cc1nc(-c2ccccn2)[nH]c(=O)c1O. The summed E-state index contributed by atoms with van der Waals surface area (Å²) < 4.78 is 0. The van der Waals surface area contributed by atoms with E-state index in [-0.39, 0.29) is 5.75 Å². The molecule has 0 radical (unpaired) electrons. The summed E-state index contributed by atoms with van der Waals surface area (Å²) in [7, 11) is 0. The first-order valence-corrected chi connectivity index (χ1v) is 7.89. The minimum atomic E-state index is -0.504. The fourth-order valence-electron chi connectivity index (χ4n) is 2.50. The molecule has 5 heteroatoms.